The van der Waals surface area contributed by atoms with Crippen molar-refractivity contribution >= 4 is 0 Å². The number of hydrogen-bond acceptors (Lipinski definition) is 2. The first-order chi connectivity index (χ1) is 8.09. The lowest BCUT2D eigenvalue weighted by molar-refractivity contribution is 0.151. The summed E-state index contributed by atoms with van der Waals surface area (Å²) in [5.41, 5.74) is 1.10. The van der Waals surface area contributed by atoms with Gasteiger partial charge in [0.1, 0.15) is 0 Å². The average molecular weight is 241 g/mol. The van der Waals surface area contributed by atoms with Gasteiger partial charge in [0.25, 0.3) is 6.43 Å². The van der Waals surface area contributed by atoms with Crippen LogP contribution in [-0.4, -0.2) is 18.8 Å². The Labute approximate surface area is 100.0 Å². The van der Waals surface area contributed by atoms with E-state index in [2.05, 4.69) is 12.2 Å². The number of alkyl halides is 2. The van der Waals surface area contributed by atoms with Crippen molar-refractivity contribution in [3.63, 3.8) is 0 Å². The molecule has 0 spiro atoms. The van der Waals surface area contributed by atoms with Gasteiger partial charge in [-0.1, -0.05) is 24.3 Å². The van der Waals surface area contributed by atoms with E-state index in [1.54, 1.807) is 12.1 Å². The first-order valence-electron chi connectivity index (χ1n) is 5.79. The van der Waals surface area contributed by atoms with Crippen LogP contribution >= 0.6 is 0 Å². The third-order valence-corrected chi connectivity index (χ3v) is 3.17. The molecule has 1 saturated heterocycles. The highest BCUT2D eigenvalue weighted by atomic mass is 19.3. The smallest absolute Gasteiger partial charge is 0.263 e. The number of benzene rings is 1. The van der Waals surface area contributed by atoms with Crippen molar-refractivity contribution in [3.8, 4) is 0 Å². The Morgan fingerprint density at radius 1 is 1.35 bits per heavy atom. The lowest BCUT2D eigenvalue weighted by Crippen LogP contribution is -2.42. The summed E-state index contributed by atoms with van der Waals surface area (Å²) in [5.74, 6) is 0. The molecule has 0 bridgehead atoms. The molecule has 0 radical (unpaired) electrons. The molecule has 17 heavy (non-hydrogen) atoms. The number of nitrogens with one attached hydrogen (secondary N) is 1. The Balaban J connectivity index is 1.90. The molecule has 94 valence electrons. The summed E-state index contributed by atoms with van der Waals surface area (Å²) in [6.45, 7) is 4.30. The fraction of sp³-hybridized carbons (Fsp3) is 0.538. The van der Waals surface area contributed by atoms with Gasteiger partial charge < -0.3 is 10.1 Å². The second kappa shape index (κ2) is 5.10. The van der Waals surface area contributed by atoms with Gasteiger partial charge in [-0.15, -0.1) is 0 Å². The fourth-order valence-electron chi connectivity index (χ4n) is 1.90. The van der Waals surface area contributed by atoms with Crippen molar-refractivity contribution < 1.29 is 13.5 Å². The molecule has 1 aliphatic rings. The highest BCUT2D eigenvalue weighted by Crippen LogP contribution is 2.20. The zero-order valence-electron chi connectivity index (χ0n) is 9.88. The van der Waals surface area contributed by atoms with Gasteiger partial charge >= 0.3 is 0 Å². The molecule has 1 atom stereocenters. The molecule has 0 aromatic heterocycles. The van der Waals surface area contributed by atoms with E-state index in [1.807, 2.05) is 0 Å². The van der Waals surface area contributed by atoms with Crippen LogP contribution in [0.5, 0.6) is 0 Å². The molecule has 1 aromatic carbocycles. The molecule has 0 saturated carbocycles. The van der Waals surface area contributed by atoms with Crippen LogP contribution in [0.25, 0.3) is 0 Å². The van der Waals surface area contributed by atoms with Gasteiger partial charge in [-0.2, -0.15) is 0 Å². The maximum Gasteiger partial charge on any atom is 0.263 e. The Bertz CT molecular complexity index is 358. The number of halogens is 2. The van der Waals surface area contributed by atoms with E-state index in [0.29, 0.717) is 13.2 Å². The van der Waals surface area contributed by atoms with Gasteiger partial charge in [0.15, 0.2) is 0 Å². The molecule has 1 aliphatic heterocycles. The topological polar surface area (TPSA) is 21.3 Å². The highest BCUT2D eigenvalue weighted by molar-refractivity contribution is 5.23. The van der Waals surface area contributed by atoms with E-state index in [0.717, 1.165) is 18.6 Å². The first-order valence-corrected chi connectivity index (χ1v) is 5.79. The van der Waals surface area contributed by atoms with Crippen LogP contribution in [-0.2, 0) is 11.3 Å². The summed E-state index contributed by atoms with van der Waals surface area (Å²) < 4.78 is 30.1. The Kier molecular flexibility index (Phi) is 3.74. The molecule has 1 unspecified atom stereocenters. The van der Waals surface area contributed by atoms with E-state index >= 15 is 0 Å². The monoisotopic (exact) mass is 241 g/mol. The van der Waals surface area contributed by atoms with E-state index in [-0.39, 0.29) is 11.1 Å². The molecule has 2 nitrogen and oxygen atoms in total. The predicted octanol–water partition coefficient (Wildman–Crippen LogP) is 2.89. The molecule has 1 N–H and O–H groups in total. The molecule has 2 rings (SSSR count). The van der Waals surface area contributed by atoms with Gasteiger partial charge in [-0.25, -0.2) is 8.78 Å². The van der Waals surface area contributed by atoms with E-state index in [9.17, 15) is 8.78 Å². The summed E-state index contributed by atoms with van der Waals surface area (Å²) in [6, 6.07) is 6.45. The number of ether oxygens (including phenoxy) is 1. The summed E-state index contributed by atoms with van der Waals surface area (Å²) in [4.78, 5) is 0. The van der Waals surface area contributed by atoms with Gasteiger partial charge in [-0.05, 0) is 18.9 Å². The summed E-state index contributed by atoms with van der Waals surface area (Å²) in [5, 5.41) is 3.41. The van der Waals surface area contributed by atoms with Crippen molar-refractivity contribution in [2.75, 3.05) is 13.2 Å². The lowest BCUT2D eigenvalue weighted by atomic mass is 10.0. The van der Waals surface area contributed by atoms with Crippen LogP contribution in [0.1, 0.15) is 30.9 Å². The van der Waals surface area contributed by atoms with Gasteiger partial charge in [0.05, 0.1) is 6.61 Å². The van der Waals surface area contributed by atoms with Crippen molar-refractivity contribution in [3.05, 3.63) is 35.4 Å². The Morgan fingerprint density at radius 3 is 2.59 bits per heavy atom. The van der Waals surface area contributed by atoms with Crippen molar-refractivity contribution in [2.45, 2.75) is 31.9 Å². The van der Waals surface area contributed by atoms with Crippen molar-refractivity contribution in [1.82, 2.24) is 5.32 Å². The molecule has 1 aromatic rings. The second-order valence-electron chi connectivity index (χ2n) is 4.76. The van der Waals surface area contributed by atoms with Crippen LogP contribution in [0.4, 0.5) is 8.78 Å². The second-order valence-corrected chi connectivity index (χ2v) is 4.76. The summed E-state index contributed by atoms with van der Waals surface area (Å²) in [6.07, 6.45) is -1.40. The first kappa shape index (κ1) is 12.5. The molecule has 1 fully saturated rings. The van der Waals surface area contributed by atoms with E-state index in [4.69, 9.17) is 4.74 Å². The minimum Gasteiger partial charge on any atom is -0.379 e. The van der Waals surface area contributed by atoms with Crippen LogP contribution in [0.3, 0.4) is 0 Å². The predicted molar refractivity (Wildman–Crippen MR) is 62.1 cm³/mol. The minimum atomic E-state index is -2.39. The van der Waals surface area contributed by atoms with Crippen molar-refractivity contribution in [1.29, 1.82) is 0 Å². The Morgan fingerprint density at radius 2 is 2.06 bits per heavy atom. The molecular weight excluding hydrogens is 224 g/mol. The quantitative estimate of drug-likeness (QED) is 0.875. The lowest BCUT2D eigenvalue weighted by Gasteiger charge is -2.23. The number of hydrogen-bond donors (Lipinski definition) is 1. The van der Waals surface area contributed by atoms with Gasteiger partial charge in [-0.3, -0.25) is 0 Å². The number of rotatable bonds is 4. The minimum absolute atomic E-state index is 0.0153. The highest BCUT2D eigenvalue weighted by Gasteiger charge is 2.28. The van der Waals surface area contributed by atoms with Crippen LogP contribution in [0.15, 0.2) is 24.3 Å². The zero-order chi connectivity index (χ0) is 12.3. The average Bonchev–Trinajstić information content (AvgIpc) is 2.75. The zero-order valence-corrected chi connectivity index (χ0v) is 9.88. The summed E-state index contributed by atoms with van der Waals surface area (Å²) in [7, 11) is 0. The molecule has 1 heterocycles. The molecule has 4 heteroatoms. The van der Waals surface area contributed by atoms with Crippen LogP contribution < -0.4 is 5.32 Å². The fourth-order valence-corrected chi connectivity index (χ4v) is 1.90. The maximum absolute atomic E-state index is 12.4. The maximum atomic E-state index is 12.4. The third kappa shape index (κ3) is 3.23. The van der Waals surface area contributed by atoms with Crippen LogP contribution in [0.2, 0.25) is 0 Å². The molecule has 0 amide bonds. The van der Waals surface area contributed by atoms with Crippen molar-refractivity contribution in [2.24, 2.45) is 0 Å². The SMILES string of the molecule is CC1(NCc2ccc(C(F)F)cc2)CCOC1. The normalized spacial score (nSPS) is 24.5. The van der Waals surface area contributed by atoms with Gasteiger partial charge in [0.2, 0.25) is 0 Å². The Hall–Kier alpha value is -1.00. The van der Waals surface area contributed by atoms with E-state index in [1.165, 1.54) is 12.1 Å². The summed E-state index contributed by atoms with van der Waals surface area (Å²) >= 11 is 0. The standard InChI is InChI=1S/C13H17F2NO/c1-13(6-7-17-9-13)16-8-10-2-4-11(5-3-10)12(14)15/h2-5,12,16H,6-9H2,1H3. The van der Waals surface area contributed by atoms with Gasteiger partial charge in [0, 0.05) is 24.3 Å². The molecular formula is C13H17F2NO. The largest absolute Gasteiger partial charge is 0.379 e. The van der Waals surface area contributed by atoms with Crippen LogP contribution in [0, 0.1) is 0 Å². The third-order valence-electron chi connectivity index (χ3n) is 3.17. The van der Waals surface area contributed by atoms with E-state index < -0.39 is 6.43 Å². The molecule has 0 aliphatic carbocycles.